The Morgan fingerprint density at radius 3 is 2.05 bits per heavy atom. The zero-order valence-electron chi connectivity index (χ0n) is 13.7. The van der Waals surface area contributed by atoms with E-state index in [4.69, 9.17) is 0 Å². The zero-order valence-corrected chi connectivity index (χ0v) is 16.1. The van der Waals surface area contributed by atoms with E-state index >= 15 is 0 Å². The molecule has 4 heteroatoms. The van der Waals surface area contributed by atoms with Gasteiger partial charge in [0, 0.05) is 5.33 Å². The third-order valence-electron chi connectivity index (χ3n) is 5.19. The van der Waals surface area contributed by atoms with Crippen LogP contribution in [0.25, 0.3) is 0 Å². The van der Waals surface area contributed by atoms with Crippen molar-refractivity contribution in [1.82, 2.24) is 0 Å². The summed E-state index contributed by atoms with van der Waals surface area (Å²) in [6.07, 6.45) is 5.60. The Hall–Kier alpha value is 0.430. The highest BCUT2D eigenvalue weighted by molar-refractivity contribution is 9.09. The lowest BCUT2D eigenvalue weighted by atomic mass is 9.64. The first-order valence-electron chi connectivity index (χ1n) is 7.80. The van der Waals surface area contributed by atoms with E-state index in [2.05, 4.69) is 36.7 Å². The lowest BCUT2D eigenvalue weighted by Crippen LogP contribution is -2.35. The summed E-state index contributed by atoms with van der Waals surface area (Å²) in [6, 6.07) is 0. The van der Waals surface area contributed by atoms with Crippen molar-refractivity contribution in [3.63, 3.8) is 0 Å². The van der Waals surface area contributed by atoms with Crippen LogP contribution in [-0.4, -0.2) is 24.8 Å². The van der Waals surface area contributed by atoms with E-state index in [1.165, 1.54) is 12.8 Å². The molecule has 1 rings (SSSR count). The number of hydrogen-bond acceptors (Lipinski definition) is 2. The van der Waals surface area contributed by atoms with Crippen LogP contribution < -0.4 is 0 Å². The van der Waals surface area contributed by atoms with Gasteiger partial charge in [0.15, 0.2) is 9.84 Å². The van der Waals surface area contributed by atoms with Crippen molar-refractivity contribution >= 4 is 25.8 Å². The molecule has 0 N–H and O–H groups in total. The monoisotopic (exact) mass is 366 g/mol. The first-order chi connectivity index (χ1) is 9.02. The number of hydrogen-bond donors (Lipinski definition) is 0. The minimum atomic E-state index is -2.91. The molecule has 1 fully saturated rings. The molecule has 0 heterocycles. The molecule has 0 spiro atoms. The summed E-state index contributed by atoms with van der Waals surface area (Å²) >= 11 is 3.65. The Morgan fingerprint density at radius 1 is 1.20 bits per heavy atom. The Balaban J connectivity index is 2.64. The van der Waals surface area contributed by atoms with Crippen LogP contribution >= 0.6 is 15.9 Å². The lowest BCUT2D eigenvalue weighted by molar-refractivity contribution is 0.101. The van der Waals surface area contributed by atoms with Crippen LogP contribution in [0.15, 0.2) is 0 Å². The van der Waals surface area contributed by atoms with Crippen LogP contribution in [-0.2, 0) is 9.84 Å². The first kappa shape index (κ1) is 18.5. The van der Waals surface area contributed by atoms with Gasteiger partial charge < -0.3 is 0 Å². The van der Waals surface area contributed by atoms with Crippen molar-refractivity contribution in [3.05, 3.63) is 0 Å². The first-order valence-corrected chi connectivity index (χ1v) is 10.6. The average molecular weight is 367 g/mol. The summed E-state index contributed by atoms with van der Waals surface area (Å²) in [7, 11) is -2.91. The second-order valence-electron chi connectivity index (χ2n) is 7.94. The summed E-state index contributed by atoms with van der Waals surface area (Å²) in [4.78, 5) is 0. The topological polar surface area (TPSA) is 34.1 Å². The van der Waals surface area contributed by atoms with Gasteiger partial charge in [-0.25, -0.2) is 8.42 Å². The second kappa shape index (κ2) is 6.68. The third kappa shape index (κ3) is 4.72. The van der Waals surface area contributed by atoms with E-state index in [-0.39, 0.29) is 10.7 Å². The maximum atomic E-state index is 12.0. The molecule has 1 saturated carbocycles. The van der Waals surface area contributed by atoms with Crippen LogP contribution in [0.3, 0.4) is 0 Å². The Kier molecular flexibility index (Phi) is 6.17. The van der Waals surface area contributed by atoms with Gasteiger partial charge in [0.05, 0.1) is 11.0 Å². The normalized spacial score (nSPS) is 28.9. The van der Waals surface area contributed by atoms with Crippen LogP contribution in [0, 0.1) is 16.7 Å². The van der Waals surface area contributed by atoms with Gasteiger partial charge in [0.25, 0.3) is 0 Å². The molecule has 0 amide bonds. The Bertz CT molecular complexity index is 399. The lowest BCUT2D eigenvalue weighted by Gasteiger charge is -2.43. The highest BCUT2D eigenvalue weighted by Gasteiger charge is 2.38. The molecule has 0 aromatic heterocycles. The molecule has 0 unspecified atom stereocenters. The average Bonchev–Trinajstić information content (AvgIpc) is 2.36. The fourth-order valence-electron chi connectivity index (χ4n) is 3.14. The highest BCUT2D eigenvalue weighted by atomic mass is 79.9. The SMILES string of the molecule is CC(C)S(=O)(=O)CCC1(CBr)CCC(C(C)(C)C)CC1. The van der Waals surface area contributed by atoms with Crippen LogP contribution in [0.2, 0.25) is 0 Å². The Labute approximate surface area is 134 Å². The van der Waals surface area contributed by atoms with Crippen molar-refractivity contribution < 1.29 is 8.42 Å². The molecule has 20 heavy (non-hydrogen) atoms. The summed E-state index contributed by atoms with van der Waals surface area (Å²) in [5, 5.41) is 0.686. The molecule has 0 saturated heterocycles. The van der Waals surface area contributed by atoms with E-state index in [1.54, 1.807) is 13.8 Å². The maximum Gasteiger partial charge on any atom is 0.152 e. The van der Waals surface area contributed by atoms with Gasteiger partial charge >= 0.3 is 0 Å². The van der Waals surface area contributed by atoms with Gasteiger partial charge in [-0.3, -0.25) is 0 Å². The van der Waals surface area contributed by atoms with E-state index in [9.17, 15) is 8.42 Å². The quantitative estimate of drug-likeness (QED) is 0.653. The molecule has 0 aliphatic heterocycles. The number of sulfone groups is 1. The molecule has 1 aliphatic rings. The molecule has 1 aliphatic carbocycles. The van der Waals surface area contributed by atoms with Crippen LogP contribution in [0.1, 0.15) is 66.7 Å². The number of alkyl halides is 1. The molecule has 120 valence electrons. The Morgan fingerprint density at radius 2 is 1.70 bits per heavy atom. The summed E-state index contributed by atoms with van der Waals surface area (Å²) in [5.74, 6) is 1.12. The number of halogens is 1. The van der Waals surface area contributed by atoms with Gasteiger partial charge in [-0.15, -0.1) is 0 Å². The molecule has 0 bridgehead atoms. The standard InChI is InChI=1S/C16H31BrO2S/c1-13(2)20(18,19)11-10-16(12-17)8-6-14(7-9-16)15(3,4)5/h13-14H,6-12H2,1-5H3. The van der Waals surface area contributed by atoms with Crippen molar-refractivity contribution in [1.29, 1.82) is 0 Å². The van der Waals surface area contributed by atoms with Crippen molar-refractivity contribution in [2.24, 2.45) is 16.7 Å². The predicted molar refractivity (Wildman–Crippen MR) is 91.2 cm³/mol. The molecule has 0 atom stereocenters. The van der Waals surface area contributed by atoms with E-state index < -0.39 is 9.84 Å². The summed E-state index contributed by atoms with van der Waals surface area (Å²) in [6.45, 7) is 10.5. The molecule has 0 radical (unpaired) electrons. The van der Waals surface area contributed by atoms with Crippen molar-refractivity contribution in [2.45, 2.75) is 72.0 Å². The van der Waals surface area contributed by atoms with E-state index in [0.717, 1.165) is 30.5 Å². The maximum absolute atomic E-state index is 12.0. The fourth-order valence-corrected chi connectivity index (χ4v) is 5.17. The fraction of sp³-hybridized carbons (Fsp3) is 1.00. The molecule has 0 aromatic carbocycles. The van der Waals surface area contributed by atoms with Crippen LogP contribution in [0.5, 0.6) is 0 Å². The minimum Gasteiger partial charge on any atom is -0.229 e. The summed E-state index contributed by atoms with van der Waals surface area (Å²) < 4.78 is 24.1. The smallest absolute Gasteiger partial charge is 0.152 e. The van der Waals surface area contributed by atoms with Gasteiger partial charge in [-0.05, 0) is 62.7 Å². The zero-order chi connectivity index (χ0) is 15.6. The van der Waals surface area contributed by atoms with Crippen molar-refractivity contribution in [3.8, 4) is 0 Å². The summed E-state index contributed by atoms with van der Waals surface area (Å²) in [5.41, 5.74) is 0.576. The third-order valence-corrected chi connectivity index (χ3v) is 8.59. The van der Waals surface area contributed by atoms with Gasteiger partial charge in [0.2, 0.25) is 0 Å². The second-order valence-corrected chi connectivity index (χ2v) is 11.2. The molecule has 2 nitrogen and oxygen atoms in total. The van der Waals surface area contributed by atoms with Gasteiger partial charge in [0.1, 0.15) is 0 Å². The molecule has 0 aromatic rings. The predicted octanol–water partition coefficient (Wildman–Crippen LogP) is 4.82. The number of rotatable bonds is 5. The van der Waals surface area contributed by atoms with Crippen molar-refractivity contribution in [2.75, 3.05) is 11.1 Å². The van der Waals surface area contributed by atoms with Gasteiger partial charge in [-0.2, -0.15) is 0 Å². The van der Waals surface area contributed by atoms with E-state index in [0.29, 0.717) is 11.2 Å². The largest absolute Gasteiger partial charge is 0.229 e. The highest BCUT2D eigenvalue weighted by Crippen LogP contribution is 2.48. The molecular formula is C16H31BrO2S. The molecular weight excluding hydrogens is 336 g/mol. The van der Waals surface area contributed by atoms with Crippen LogP contribution in [0.4, 0.5) is 0 Å². The van der Waals surface area contributed by atoms with E-state index in [1.807, 2.05) is 0 Å². The minimum absolute atomic E-state index is 0.198. The van der Waals surface area contributed by atoms with Gasteiger partial charge in [-0.1, -0.05) is 36.7 Å².